The number of rotatable bonds is 5. The molecule has 10 nitrogen and oxygen atoms in total. The smallest absolute Gasteiger partial charge is 0.319 e. The number of aromatic nitrogens is 5. The molecule has 9 rings (SSSR count). The number of nitrogens with zero attached hydrogens (tertiary/aromatic N) is 6. The van der Waals surface area contributed by atoms with Gasteiger partial charge in [-0.2, -0.15) is 15.1 Å². The molecule has 2 atom stereocenters. The fraction of sp³-hybridized carbons (Fsp3) is 0.500. The second kappa shape index (κ2) is 9.98. The summed E-state index contributed by atoms with van der Waals surface area (Å²) in [6, 6.07) is 1.91. The van der Waals surface area contributed by atoms with Gasteiger partial charge in [0.25, 0.3) is 0 Å². The Morgan fingerprint density at radius 1 is 1.18 bits per heavy atom. The fourth-order valence-corrected chi connectivity index (χ4v) is 8.17. The first-order valence-electron chi connectivity index (χ1n) is 15.6. The Balaban J connectivity index is 1.24. The first kappa shape index (κ1) is 26.8. The second-order valence-electron chi connectivity index (χ2n) is 12.9. The van der Waals surface area contributed by atoms with E-state index in [1.165, 1.54) is 5.57 Å². The van der Waals surface area contributed by atoms with Gasteiger partial charge in [-0.1, -0.05) is 23.8 Å². The minimum Gasteiger partial charge on any atom is -0.475 e. The zero-order valence-corrected chi connectivity index (χ0v) is 25.1. The summed E-state index contributed by atoms with van der Waals surface area (Å²) >= 11 is 6.83. The molecule has 5 aliphatic rings. The van der Waals surface area contributed by atoms with Crippen LogP contribution >= 0.6 is 11.6 Å². The lowest BCUT2D eigenvalue weighted by molar-refractivity contribution is 0.108. The van der Waals surface area contributed by atoms with Crippen LogP contribution in [0.2, 0.25) is 5.02 Å². The van der Waals surface area contributed by atoms with E-state index in [-0.39, 0.29) is 34.7 Å². The van der Waals surface area contributed by atoms with Crippen molar-refractivity contribution in [2.75, 3.05) is 51.0 Å². The molecular weight excluding hydrogens is 585 g/mol. The van der Waals surface area contributed by atoms with Crippen LogP contribution < -0.4 is 14.4 Å². The standard InChI is InChI=1S/C32H33ClFN7O3/c1-17-11-32(6-2-7-40(32)13-17)16-44-31-37-28-25-29(38-31)41-8-3-9-42-14-19(41)15-43-30(25)36-27(26(28)34)24-20-12-35-39-22(20)10-21(33)23(24)18-4-5-18/h10,12,18-19H,1-9,11,13-16H2,(H,35,39)/t19-,32-/m0/s1. The summed E-state index contributed by atoms with van der Waals surface area (Å²) in [6.45, 7) is 8.71. The number of H-pyrrole nitrogens is 1. The van der Waals surface area contributed by atoms with Crippen LogP contribution in [0.5, 0.6) is 11.9 Å². The number of halogens is 2. The van der Waals surface area contributed by atoms with Crippen molar-refractivity contribution in [3.05, 3.63) is 40.8 Å². The van der Waals surface area contributed by atoms with Gasteiger partial charge in [-0.05, 0) is 62.6 Å². The molecule has 0 radical (unpaired) electrons. The second-order valence-corrected chi connectivity index (χ2v) is 13.3. The van der Waals surface area contributed by atoms with Crippen LogP contribution in [0.1, 0.15) is 50.0 Å². The van der Waals surface area contributed by atoms with E-state index in [4.69, 9.17) is 40.8 Å². The zero-order valence-electron chi connectivity index (χ0n) is 24.4. The number of fused-ring (bicyclic) bond motifs is 4. The molecule has 7 heterocycles. The highest BCUT2D eigenvalue weighted by Crippen LogP contribution is 2.51. The largest absolute Gasteiger partial charge is 0.475 e. The van der Waals surface area contributed by atoms with Crippen LogP contribution in [0.3, 0.4) is 0 Å². The maximum atomic E-state index is 17.1. The number of ether oxygens (including phenoxy) is 3. The Hall–Kier alpha value is -3.54. The molecule has 228 valence electrons. The van der Waals surface area contributed by atoms with E-state index < -0.39 is 5.82 Å². The normalized spacial score (nSPS) is 25.2. The molecule has 3 aromatic heterocycles. The summed E-state index contributed by atoms with van der Waals surface area (Å²) in [6.07, 6.45) is 7.53. The van der Waals surface area contributed by atoms with E-state index in [1.54, 1.807) is 6.20 Å². The number of pyridine rings is 1. The van der Waals surface area contributed by atoms with Crippen LogP contribution in [-0.4, -0.2) is 87.7 Å². The van der Waals surface area contributed by atoms with Gasteiger partial charge in [-0.25, -0.2) is 9.37 Å². The molecule has 1 N–H and O–H groups in total. The minimum absolute atomic E-state index is 0.111. The zero-order chi connectivity index (χ0) is 29.6. The van der Waals surface area contributed by atoms with Crippen molar-refractivity contribution in [3.63, 3.8) is 0 Å². The summed E-state index contributed by atoms with van der Waals surface area (Å²) in [5, 5.41) is 9.03. The summed E-state index contributed by atoms with van der Waals surface area (Å²) in [7, 11) is 0. The average molecular weight is 618 g/mol. The minimum atomic E-state index is -0.549. The highest BCUT2D eigenvalue weighted by Gasteiger charge is 2.47. The van der Waals surface area contributed by atoms with Crippen LogP contribution in [-0.2, 0) is 4.74 Å². The lowest BCUT2D eigenvalue weighted by atomic mass is 9.94. The van der Waals surface area contributed by atoms with E-state index in [0.29, 0.717) is 60.6 Å². The lowest BCUT2D eigenvalue weighted by Gasteiger charge is -2.31. The van der Waals surface area contributed by atoms with Crippen molar-refractivity contribution in [3.8, 4) is 23.1 Å². The van der Waals surface area contributed by atoms with E-state index in [2.05, 4.69) is 26.6 Å². The molecule has 4 aromatic rings. The van der Waals surface area contributed by atoms with Gasteiger partial charge in [0.15, 0.2) is 5.82 Å². The van der Waals surface area contributed by atoms with Gasteiger partial charge >= 0.3 is 6.01 Å². The molecule has 0 unspecified atom stereocenters. The highest BCUT2D eigenvalue weighted by molar-refractivity contribution is 6.33. The molecule has 0 bridgehead atoms. The number of hydrogen-bond acceptors (Lipinski definition) is 9. The molecular formula is C32H33ClFN7O3. The Morgan fingerprint density at radius 2 is 2.09 bits per heavy atom. The summed E-state index contributed by atoms with van der Waals surface area (Å²) in [5.74, 6) is 0.562. The first-order valence-corrected chi connectivity index (χ1v) is 16.0. The molecule has 12 heteroatoms. The molecule has 1 aliphatic carbocycles. The third kappa shape index (κ3) is 4.12. The van der Waals surface area contributed by atoms with E-state index in [9.17, 15) is 0 Å². The van der Waals surface area contributed by atoms with E-state index in [0.717, 1.165) is 68.1 Å². The van der Waals surface area contributed by atoms with Gasteiger partial charge in [0.1, 0.15) is 35.6 Å². The highest BCUT2D eigenvalue weighted by atomic mass is 35.5. The van der Waals surface area contributed by atoms with Gasteiger partial charge in [0.2, 0.25) is 5.88 Å². The Labute approximate surface area is 258 Å². The first-order chi connectivity index (χ1) is 21.5. The topological polar surface area (TPSA) is 102 Å². The van der Waals surface area contributed by atoms with Crippen LogP contribution in [0.15, 0.2) is 24.4 Å². The summed E-state index contributed by atoms with van der Waals surface area (Å²) in [4.78, 5) is 19.2. The number of anilines is 1. The molecule has 4 fully saturated rings. The monoisotopic (exact) mass is 617 g/mol. The lowest BCUT2D eigenvalue weighted by Crippen LogP contribution is -2.43. The van der Waals surface area contributed by atoms with Crippen LogP contribution in [0.4, 0.5) is 10.2 Å². The Kier molecular flexibility index (Phi) is 6.09. The maximum Gasteiger partial charge on any atom is 0.319 e. The van der Waals surface area contributed by atoms with Gasteiger partial charge in [0, 0.05) is 35.7 Å². The predicted molar refractivity (Wildman–Crippen MR) is 164 cm³/mol. The number of nitrogens with one attached hydrogen (secondary N) is 1. The molecule has 3 saturated heterocycles. The number of hydrogen-bond donors (Lipinski definition) is 1. The molecule has 1 aromatic carbocycles. The van der Waals surface area contributed by atoms with Crippen LogP contribution in [0, 0.1) is 5.82 Å². The third-order valence-corrected chi connectivity index (χ3v) is 10.3. The Bertz CT molecular complexity index is 1840. The van der Waals surface area contributed by atoms with Gasteiger partial charge in [0.05, 0.1) is 29.9 Å². The van der Waals surface area contributed by atoms with E-state index >= 15 is 4.39 Å². The molecule has 44 heavy (non-hydrogen) atoms. The van der Waals surface area contributed by atoms with Crippen molar-refractivity contribution in [2.45, 2.75) is 56.0 Å². The molecule has 4 aliphatic heterocycles. The Morgan fingerprint density at radius 3 is 2.98 bits per heavy atom. The number of aromatic amines is 1. The average Bonchev–Trinajstić information content (AvgIpc) is 3.62. The summed E-state index contributed by atoms with van der Waals surface area (Å²) in [5.41, 5.74) is 3.63. The van der Waals surface area contributed by atoms with Crippen molar-refractivity contribution in [1.29, 1.82) is 0 Å². The molecule has 0 amide bonds. The van der Waals surface area contributed by atoms with Crippen molar-refractivity contribution >= 4 is 39.2 Å². The summed E-state index contributed by atoms with van der Waals surface area (Å²) < 4.78 is 35.8. The fourth-order valence-electron chi connectivity index (χ4n) is 7.81. The molecule has 0 spiro atoms. The molecule has 1 saturated carbocycles. The number of benzene rings is 1. The van der Waals surface area contributed by atoms with Crippen LogP contribution in [0.25, 0.3) is 33.1 Å². The van der Waals surface area contributed by atoms with Crippen molar-refractivity contribution in [2.24, 2.45) is 0 Å². The predicted octanol–water partition coefficient (Wildman–Crippen LogP) is 5.40. The van der Waals surface area contributed by atoms with Gasteiger partial charge in [-0.15, -0.1) is 0 Å². The van der Waals surface area contributed by atoms with Gasteiger partial charge < -0.3 is 19.1 Å². The van der Waals surface area contributed by atoms with Crippen molar-refractivity contribution in [1.82, 2.24) is 30.0 Å². The maximum absolute atomic E-state index is 17.1. The quantitative estimate of drug-likeness (QED) is 0.295. The third-order valence-electron chi connectivity index (χ3n) is 10.00. The SMILES string of the molecule is C=C1CN2CCC[C@@]2(COc2nc3c4c(nc(-c5c(C6CC6)c(Cl)cc6[nH]ncc56)c(F)c4n2)OC[C@@H]2COCCCN32)C1. The van der Waals surface area contributed by atoms with Gasteiger partial charge in [-0.3, -0.25) is 10.00 Å². The van der Waals surface area contributed by atoms with E-state index in [1.807, 2.05) is 6.07 Å². The van der Waals surface area contributed by atoms with Crippen molar-refractivity contribution < 1.29 is 18.6 Å².